The van der Waals surface area contributed by atoms with Crippen LogP contribution in [-0.4, -0.2) is 46.7 Å². The van der Waals surface area contributed by atoms with E-state index in [1.54, 1.807) is 31.8 Å². The maximum atomic E-state index is 12.8. The summed E-state index contributed by atoms with van der Waals surface area (Å²) in [7, 11) is -1.79. The number of hydrogen-bond acceptors (Lipinski definition) is 6. The van der Waals surface area contributed by atoms with Crippen LogP contribution in [0.25, 0.3) is 0 Å². The molecule has 1 aliphatic heterocycles. The molecule has 0 spiro atoms. The summed E-state index contributed by atoms with van der Waals surface area (Å²) in [5, 5.41) is 6.62. The van der Waals surface area contributed by atoms with Gasteiger partial charge in [-0.15, -0.1) is 0 Å². The molecule has 1 unspecified atom stereocenters. The molecule has 1 aliphatic rings. The quantitative estimate of drug-likeness (QED) is 0.838. The van der Waals surface area contributed by atoms with Crippen molar-refractivity contribution in [1.29, 1.82) is 0 Å². The van der Waals surface area contributed by atoms with E-state index in [0.717, 1.165) is 0 Å². The summed E-state index contributed by atoms with van der Waals surface area (Å²) in [6.07, 6.45) is 2.18. The summed E-state index contributed by atoms with van der Waals surface area (Å²) >= 11 is 1.41. The second-order valence-electron chi connectivity index (χ2n) is 5.31. The minimum Gasteiger partial charge on any atom is -0.465 e. The lowest BCUT2D eigenvalue weighted by molar-refractivity contribution is 0.214. The topological polar surface area (TPSA) is 77.3 Å². The maximum absolute atomic E-state index is 12.8. The van der Waals surface area contributed by atoms with E-state index in [2.05, 4.69) is 10.1 Å². The number of ether oxygens (including phenoxy) is 1. The number of nitrogens with zero attached hydrogens (tertiary/aromatic N) is 4. The maximum Gasteiger partial charge on any atom is 0.273 e. The van der Waals surface area contributed by atoms with Gasteiger partial charge < -0.3 is 4.74 Å². The van der Waals surface area contributed by atoms with Gasteiger partial charge in [0.15, 0.2) is 0 Å². The minimum absolute atomic E-state index is 0.154. The van der Waals surface area contributed by atoms with Gasteiger partial charge in [-0.05, 0) is 20.3 Å². The van der Waals surface area contributed by atoms with E-state index in [1.807, 2.05) is 5.38 Å². The number of aryl methyl sites for hydroxylation is 2. The van der Waals surface area contributed by atoms with Gasteiger partial charge in [-0.1, -0.05) is 11.3 Å². The van der Waals surface area contributed by atoms with Gasteiger partial charge >= 0.3 is 0 Å². The zero-order valence-electron chi connectivity index (χ0n) is 12.7. The first-order valence-corrected chi connectivity index (χ1v) is 9.28. The van der Waals surface area contributed by atoms with Crippen LogP contribution in [0.3, 0.4) is 0 Å². The van der Waals surface area contributed by atoms with Gasteiger partial charge in [0, 0.05) is 25.2 Å². The van der Waals surface area contributed by atoms with Crippen LogP contribution in [0.4, 0.5) is 0 Å². The fourth-order valence-electron chi connectivity index (χ4n) is 2.68. The van der Waals surface area contributed by atoms with Crippen molar-refractivity contribution in [1.82, 2.24) is 19.1 Å². The highest BCUT2D eigenvalue weighted by Crippen LogP contribution is 2.28. The summed E-state index contributed by atoms with van der Waals surface area (Å²) in [4.78, 5) is 4.38. The summed E-state index contributed by atoms with van der Waals surface area (Å²) in [6.45, 7) is 4.29. The zero-order chi connectivity index (χ0) is 15.9. The van der Waals surface area contributed by atoms with E-state index in [4.69, 9.17) is 4.74 Å². The van der Waals surface area contributed by atoms with Crippen molar-refractivity contribution in [2.75, 3.05) is 13.1 Å². The Morgan fingerprint density at radius 3 is 2.77 bits per heavy atom. The van der Waals surface area contributed by atoms with Gasteiger partial charge in [0.25, 0.3) is 5.19 Å². The molecule has 0 amide bonds. The number of thiazole rings is 1. The number of hydrogen-bond donors (Lipinski definition) is 0. The third kappa shape index (κ3) is 2.64. The largest absolute Gasteiger partial charge is 0.465 e. The monoisotopic (exact) mass is 342 g/mol. The average molecular weight is 342 g/mol. The predicted octanol–water partition coefficient (Wildman–Crippen LogP) is 1.34. The summed E-state index contributed by atoms with van der Waals surface area (Å²) in [6, 6.07) is 0. The Hall–Kier alpha value is -1.45. The van der Waals surface area contributed by atoms with Crippen LogP contribution in [0.1, 0.15) is 17.8 Å². The second-order valence-corrected chi connectivity index (χ2v) is 8.05. The zero-order valence-corrected chi connectivity index (χ0v) is 14.3. The van der Waals surface area contributed by atoms with Crippen molar-refractivity contribution in [2.24, 2.45) is 7.05 Å². The highest BCUT2D eigenvalue weighted by Gasteiger charge is 2.36. The molecule has 0 aromatic carbocycles. The van der Waals surface area contributed by atoms with Crippen LogP contribution in [0.15, 0.2) is 16.5 Å². The SMILES string of the molecule is Cc1nn(C)c(C)c1S(=O)(=O)N1CCC(Oc2nccs2)C1. The third-order valence-corrected chi connectivity index (χ3v) is 6.60. The van der Waals surface area contributed by atoms with Crippen LogP contribution >= 0.6 is 11.3 Å². The van der Waals surface area contributed by atoms with Crippen LogP contribution in [-0.2, 0) is 17.1 Å². The van der Waals surface area contributed by atoms with Crippen molar-refractivity contribution in [3.05, 3.63) is 23.0 Å². The molecule has 22 heavy (non-hydrogen) atoms. The average Bonchev–Trinajstić information content (AvgIpc) is 3.14. The van der Waals surface area contributed by atoms with Gasteiger partial charge in [-0.2, -0.15) is 9.40 Å². The van der Waals surface area contributed by atoms with Crippen LogP contribution in [0.5, 0.6) is 5.19 Å². The number of rotatable bonds is 4. The Kier molecular flexibility index (Phi) is 3.96. The number of aromatic nitrogens is 3. The van der Waals surface area contributed by atoms with E-state index in [0.29, 0.717) is 41.0 Å². The standard InChI is InChI=1S/C13H18N4O3S2/c1-9-12(10(2)16(3)15-9)22(18,19)17-6-4-11(8-17)20-13-14-5-7-21-13/h5,7,11H,4,6,8H2,1-3H3. The van der Waals surface area contributed by atoms with Crippen molar-refractivity contribution in [3.8, 4) is 5.19 Å². The first-order chi connectivity index (χ1) is 10.4. The Labute approximate surface area is 133 Å². The highest BCUT2D eigenvalue weighted by atomic mass is 32.2. The van der Waals surface area contributed by atoms with E-state index in [-0.39, 0.29) is 6.10 Å². The number of sulfonamides is 1. The molecule has 1 saturated heterocycles. The van der Waals surface area contributed by atoms with Crippen molar-refractivity contribution < 1.29 is 13.2 Å². The van der Waals surface area contributed by atoms with Crippen molar-refractivity contribution >= 4 is 21.4 Å². The summed E-state index contributed by atoms with van der Waals surface area (Å²) in [5.74, 6) is 0. The van der Waals surface area contributed by atoms with Crippen molar-refractivity contribution in [2.45, 2.75) is 31.3 Å². The normalized spacial score (nSPS) is 19.7. The predicted molar refractivity (Wildman–Crippen MR) is 82.6 cm³/mol. The first kappa shape index (κ1) is 15.4. The van der Waals surface area contributed by atoms with E-state index < -0.39 is 10.0 Å². The molecule has 0 aliphatic carbocycles. The molecule has 0 saturated carbocycles. The van der Waals surface area contributed by atoms with Crippen LogP contribution < -0.4 is 4.74 Å². The van der Waals surface area contributed by atoms with E-state index >= 15 is 0 Å². The van der Waals surface area contributed by atoms with Gasteiger partial charge in [0.2, 0.25) is 10.0 Å². The van der Waals surface area contributed by atoms with E-state index in [1.165, 1.54) is 15.6 Å². The first-order valence-electron chi connectivity index (χ1n) is 6.96. The summed E-state index contributed by atoms with van der Waals surface area (Å²) < 4.78 is 34.5. The smallest absolute Gasteiger partial charge is 0.273 e. The fourth-order valence-corrected chi connectivity index (χ4v) is 5.12. The molecule has 7 nitrogen and oxygen atoms in total. The third-order valence-electron chi connectivity index (χ3n) is 3.83. The molecular formula is C13H18N4O3S2. The summed E-state index contributed by atoms with van der Waals surface area (Å²) in [5.41, 5.74) is 1.19. The Morgan fingerprint density at radius 2 is 2.18 bits per heavy atom. The molecule has 3 rings (SSSR count). The molecule has 1 fully saturated rings. The van der Waals surface area contributed by atoms with Gasteiger partial charge in [-0.25, -0.2) is 13.4 Å². The molecule has 0 radical (unpaired) electrons. The van der Waals surface area contributed by atoms with Crippen LogP contribution in [0.2, 0.25) is 0 Å². The minimum atomic E-state index is -3.54. The molecular weight excluding hydrogens is 324 g/mol. The molecule has 0 N–H and O–H groups in total. The van der Waals surface area contributed by atoms with Gasteiger partial charge in [0.1, 0.15) is 11.0 Å². The lowest BCUT2D eigenvalue weighted by atomic mass is 10.3. The van der Waals surface area contributed by atoms with Gasteiger partial charge in [0.05, 0.1) is 17.9 Å². The lowest BCUT2D eigenvalue weighted by Crippen LogP contribution is -2.31. The van der Waals surface area contributed by atoms with Gasteiger partial charge in [-0.3, -0.25) is 4.68 Å². The molecule has 2 aromatic heterocycles. The van der Waals surface area contributed by atoms with Crippen LogP contribution in [0, 0.1) is 13.8 Å². The molecule has 2 aromatic rings. The Bertz CT molecular complexity index is 768. The lowest BCUT2D eigenvalue weighted by Gasteiger charge is -2.16. The Morgan fingerprint density at radius 1 is 1.41 bits per heavy atom. The molecule has 120 valence electrons. The van der Waals surface area contributed by atoms with Crippen molar-refractivity contribution in [3.63, 3.8) is 0 Å². The van der Waals surface area contributed by atoms with E-state index in [9.17, 15) is 8.42 Å². The second kappa shape index (κ2) is 5.64. The molecule has 9 heteroatoms. The molecule has 1 atom stereocenters. The Balaban J connectivity index is 1.79. The fraction of sp³-hybridized carbons (Fsp3) is 0.538. The molecule has 0 bridgehead atoms. The highest BCUT2D eigenvalue weighted by molar-refractivity contribution is 7.89. The molecule has 3 heterocycles.